The van der Waals surface area contributed by atoms with E-state index in [2.05, 4.69) is 38.3 Å². The molecule has 2 N–H and O–H groups in total. The predicted octanol–water partition coefficient (Wildman–Crippen LogP) is 3.08. The molecule has 3 aromatic rings. The molecule has 4 rings (SSSR count). The van der Waals surface area contributed by atoms with Crippen LogP contribution < -0.4 is 20.8 Å². The number of carboxylic acid groups (broad SMARTS) is 2. The lowest BCUT2D eigenvalue weighted by atomic mass is 9.84. The lowest BCUT2D eigenvalue weighted by molar-refractivity contribution is -0.256. The maximum atomic E-state index is 12.6. The highest BCUT2D eigenvalue weighted by Crippen LogP contribution is 2.51. The third-order valence-electron chi connectivity index (χ3n) is 6.88. The summed E-state index contributed by atoms with van der Waals surface area (Å²) in [7, 11) is 0. The zero-order chi connectivity index (χ0) is 26.0. The third-order valence-corrected chi connectivity index (χ3v) is 6.88. The molecular formula is C30H34N2O4-2. The van der Waals surface area contributed by atoms with Crippen LogP contribution in [-0.4, -0.2) is 37.1 Å². The molecule has 0 saturated heterocycles. The molecular weight excluding hydrogens is 452 g/mol. The van der Waals surface area contributed by atoms with E-state index in [9.17, 15) is 19.8 Å². The average molecular weight is 487 g/mol. The van der Waals surface area contributed by atoms with Gasteiger partial charge in [0.2, 0.25) is 0 Å². The van der Waals surface area contributed by atoms with E-state index in [1.807, 2.05) is 24.3 Å². The van der Waals surface area contributed by atoms with Crippen LogP contribution in [0.5, 0.6) is 0 Å². The topological polar surface area (TPSA) is 104 Å². The summed E-state index contributed by atoms with van der Waals surface area (Å²) < 4.78 is 0. The van der Waals surface area contributed by atoms with Gasteiger partial charge in [0, 0.05) is 17.6 Å². The van der Waals surface area contributed by atoms with E-state index in [1.165, 1.54) is 0 Å². The highest BCUT2D eigenvalue weighted by atomic mass is 16.4. The number of aromatic carboxylic acids is 2. The smallest absolute Gasteiger partial charge is 0.0724 e. The van der Waals surface area contributed by atoms with Crippen LogP contribution in [0.4, 0.5) is 0 Å². The molecule has 0 radical (unpaired) electrons. The molecule has 1 aliphatic rings. The fourth-order valence-electron chi connectivity index (χ4n) is 5.38. The van der Waals surface area contributed by atoms with Gasteiger partial charge in [0.15, 0.2) is 0 Å². The Morgan fingerprint density at radius 3 is 2.00 bits per heavy atom. The van der Waals surface area contributed by atoms with Crippen LogP contribution in [0.2, 0.25) is 0 Å². The van der Waals surface area contributed by atoms with E-state index in [-0.39, 0.29) is 11.1 Å². The molecule has 0 heterocycles. The quantitative estimate of drug-likeness (QED) is 0.298. The summed E-state index contributed by atoms with van der Waals surface area (Å²) in [5.74, 6) is -2.39. The fraction of sp³-hybridized carbons (Fsp3) is 0.400. The number of carboxylic acids is 2. The molecule has 0 spiro atoms. The Bertz CT molecular complexity index is 1310. The van der Waals surface area contributed by atoms with Crippen molar-refractivity contribution in [3.05, 3.63) is 58.7 Å². The van der Waals surface area contributed by atoms with Crippen molar-refractivity contribution in [1.82, 2.24) is 10.6 Å². The Hall–Kier alpha value is -3.22. The van der Waals surface area contributed by atoms with Crippen molar-refractivity contribution in [2.75, 3.05) is 13.1 Å². The third kappa shape index (κ3) is 5.01. The minimum atomic E-state index is -1.22. The number of benzene rings is 3. The summed E-state index contributed by atoms with van der Waals surface area (Å²) in [6, 6.07) is 11.4. The van der Waals surface area contributed by atoms with Crippen LogP contribution in [0.3, 0.4) is 0 Å². The summed E-state index contributed by atoms with van der Waals surface area (Å²) in [6.07, 6.45) is 2.89. The second kappa shape index (κ2) is 10.8. The average Bonchev–Trinajstić information content (AvgIpc) is 3.15. The number of carbonyl (C=O) groups is 2. The Morgan fingerprint density at radius 1 is 0.778 bits per heavy atom. The number of hydrogen-bond acceptors (Lipinski definition) is 6. The molecule has 0 fully saturated rings. The van der Waals surface area contributed by atoms with Gasteiger partial charge in [-0.15, -0.1) is 0 Å². The molecule has 0 aromatic heterocycles. The molecule has 0 saturated carbocycles. The first-order chi connectivity index (χ1) is 17.2. The zero-order valence-corrected chi connectivity index (χ0v) is 21.5. The first-order valence-electron chi connectivity index (χ1n) is 12.8. The molecule has 6 nitrogen and oxygen atoms in total. The number of rotatable bonds is 12. The van der Waals surface area contributed by atoms with Gasteiger partial charge >= 0.3 is 0 Å². The molecule has 190 valence electrons. The van der Waals surface area contributed by atoms with Gasteiger partial charge in [-0.25, -0.2) is 0 Å². The normalized spacial score (nSPS) is 12.1. The summed E-state index contributed by atoms with van der Waals surface area (Å²) in [5.41, 5.74) is 5.81. The van der Waals surface area contributed by atoms with Crippen molar-refractivity contribution >= 4 is 22.7 Å². The summed E-state index contributed by atoms with van der Waals surface area (Å²) in [4.78, 5) is 24.3. The van der Waals surface area contributed by atoms with Crippen molar-refractivity contribution in [3.63, 3.8) is 0 Å². The zero-order valence-electron chi connectivity index (χ0n) is 21.5. The van der Waals surface area contributed by atoms with Gasteiger partial charge in [0.1, 0.15) is 0 Å². The minimum absolute atomic E-state index is 0.119. The van der Waals surface area contributed by atoms with Crippen molar-refractivity contribution in [1.29, 1.82) is 0 Å². The molecule has 0 unspecified atom stereocenters. The van der Waals surface area contributed by atoms with Gasteiger partial charge in [-0.3, -0.25) is 0 Å². The van der Waals surface area contributed by atoms with Crippen LogP contribution in [0.25, 0.3) is 33.0 Å². The molecule has 3 aromatic carbocycles. The SMILES string of the molecule is CC(C)NCCCc1c(CCCNC(C)C)c2c3c(cccc3c1C(=O)[O-])-c1ccc(C(=O)[O-])cc1-2. The number of hydrogen-bond donors (Lipinski definition) is 2. The van der Waals surface area contributed by atoms with E-state index in [4.69, 9.17) is 0 Å². The Kier molecular flexibility index (Phi) is 7.76. The lowest BCUT2D eigenvalue weighted by Gasteiger charge is -2.23. The largest absolute Gasteiger partial charge is 0.545 e. The highest BCUT2D eigenvalue weighted by Gasteiger charge is 2.29. The van der Waals surface area contributed by atoms with Crippen molar-refractivity contribution in [2.24, 2.45) is 0 Å². The summed E-state index contributed by atoms with van der Waals surface area (Å²) >= 11 is 0. The molecule has 1 aliphatic carbocycles. The number of carbonyl (C=O) groups excluding carboxylic acids is 2. The van der Waals surface area contributed by atoms with Crippen molar-refractivity contribution in [3.8, 4) is 22.3 Å². The maximum Gasteiger partial charge on any atom is 0.0724 e. The van der Waals surface area contributed by atoms with Gasteiger partial charge in [0.25, 0.3) is 0 Å². The molecule has 6 heteroatoms. The van der Waals surface area contributed by atoms with Crippen LogP contribution in [0.1, 0.15) is 72.4 Å². The maximum absolute atomic E-state index is 12.6. The van der Waals surface area contributed by atoms with E-state index >= 15 is 0 Å². The van der Waals surface area contributed by atoms with Crippen LogP contribution in [-0.2, 0) is 12.8 Å². The summed E-state index contributed by atoms with van der Waals surface area (Å²) in [5, 5.41) is 32.7. The Labute approximate surface area is 212 Å². The number of nitrogens with one attached hydrogen (secondary N) is 2. The Balaban J connectivity index is 1.93. The van der Waals surface area contributed by atoms with Crippen LogP contribution in [0, 0.1) is 0 Å². The van der Waals surface area contributed by atoms with Gasteiger partial charge < -0.3 is 30.4 Å². The first kappa shape index (κ1) is 25.9. The van der Waals surface area contributed by atoms with E-state index in [1.54, 1.807) is 12.1 Å². The summed E-state index contributed by atoms with van der Waals surface area (Å²) in [6.45, 7) is 9.95. The van der Waals surface area contributed by atoms with Gasteiger partial charge in [-0.2, -0.15) is 0 Å². The molecule has 0 amide bonds. The fourth-order valence-corrected chi connectivity index (χ4v) is 5.38. The van der Waals surface area contributed by atoms with Gasteiger partial charge in [-0.05, 0) is 94.6 Å². The van der Waals surface area contributed by atoms with E-state index < -0.39 is 11.9 Å². The second-order valence-electron chi connectivity index (χ2n) is 10.2. The second-order valence-corrected chi connectivity index (χ2v) is 10.2. The van der Waals surface area contributed by atoms with E-state index in [0.29, 0.717) is 30.3 Å². The van der Waals surface area contributed by atoms with Crippen LogP contribution in [0.15, 0.2) is 36.4 Å². The highest BCUT2D eigenvalue weighted by molar-refractivity contribution is 6.21. The standard InChI is InChI=1S/C30H36N2O4/c1-17(2)31-14-6-10-22-23(11-7-15-32-18(3)4)28(30(35)36)24-9-5-8-21-20-13-12-19(29(33)34)16-25(20)27(22)26(21)24/h5,8-9,12-13,16-18,31-32H,6-7,10-11,14-15H2,1-4H3,(H,33,34)(H,35,36)/p-2. The Morgan fingerprint density at radius 2 is 1.42 bits per heavy atom. The molecule has 0 atom stereocenters. The number of fused-ring (bicyclic) bond motifs is 3. The van der Waals surface area contributed by atoms with Gasteiger partial charge in [0.05, 0.1) is 11.9 Å². The first-order valence-corrected chi connectivity index (χ1v) is 12.8. The van der Waals surface area contributed by atoms with E-state index in [0.717, 1.165) is 64.7 Å². The van der Waals surface area contributed by atoms with Crippen LogP contribution >= 0.6 is 0 Å². The molecule has 36 heavy (non-hydrogen) atoms. The monoisotopic (exact) mass is 486 g/mol. The van der Waals surface area contributed by atoms with Gasteiger partial charge in [-0.1, -0.05) is 58.0 Å². The predicted molar refractivity (Wildman–Crippen MR) is 140 cm³/mol. The molecule has 0 bridgehead atoms. The minimum Gasteiger partial charge on any atom is -0.545 e. The van der Waals surface area contributed by atoms with Crippen molar-refractivity contribution < 1.29 is 19.8 Å². The molecule has 0 aliphatic heterocycles. The van der Waals surface area contributed by atoms with Crippen molar-refractivity contribution in [2.45, 2.75) is 65.5 Å². The lowest BCUT2D eigenvalue weighted by Crippen LogP contribution is -2.27.